The third-order valence-corrected chi connectivity index (χ3v) is 6.76. The Labute approximate surface area is 162 Å². The first-order valence-electron chi connectivity index (χ1n) is 10.9. The van der Waals surface area contributed by atoms with Gasteiger partial charge in [-0.15, -0.1) is 0 Å². The van der Waals surface area contributed by atoms with Crippen LogP contribution in [0.5, 0.6) is 0 Å². The van der Waals surface area contributed by atoms with Crippen LogP contribution in [0, 0.1) is 5.92 Å². The molecular formula is C23H32N2O2. The number of carbonyl (C=O) groups excluding carboxylic acids is 2. The van der Waals surface area contributed by atoms with Crippen molar-refractivity contribution in [3.8, 4) is 0 Å². The first-order chi connectivity index (χ1) is 13.2. The quantitative estimate of drug-likeness (QED) is 0.794. The number of fused-ring (bicyclic) bond motifs is 2. The van der Waals surface area contributed by atoms with Crippen molar-refractivity contribution in [1.29, 1.82) is 0 Å². The molecule has 1 aromatic rings. The van der Waals surface area contributed by atoms with Crippen LogP contribution in [0.15, 0.2) is 24.3 Å². The first-order valence-corrected chi connectivity index (χ1v) is 10.9. The van der Waals surface area contributed by atoms with Crippen LogP contribution in [0.2, 0.25) is 0 Å². The number of carbonyl (C=O) groups is 2. The van der Waals surface area contributed by atoms with E-state index >= 15 is 0 Å². The predicted molar refractivity (Wildman–Crippen MR) is 108 cm³/mol. The van der Waals surface area contributed by atoms with Crippen molar-refractivity contribution in [2.45, 2.75) is 76.7 Å². The molecule has 27 heavy (non-hydrogen) atoms. The standard InChI is InChI=1S/C23H32N2O2/c26-22(24-16-6-10-18-8-1-3-12-20(18)24)14-5-15-23(27)25-17-7-11-19-9-2-4-13-21(19)25/h1,3,8,12,19,21H,2,4-7,9-11,13-17H2. The lowest BCUT2D eigenvalue weighted by atomic mass is 9.78. The van der Waals surface area contributed by atoms with Crippen LogP contribution in [-0.2, 0) is 16.0 Å². The summed E-state index contributed by atoms with van der Waals surface area (Å²) in [7, 11) is 0. The van der Waals surface area contributed by atoms with Gasteiger partial charge in [0, 0.05) is 37.7 Å². The average Bonchev–Trinajstić information content (AvgIpc) is 2.72. The normalized spacial score (nSPS) is 24.9. The Balaban J connectivity index is 1.29. The fourth-order valence-corrected chi connectivity index (χ4v) is 5.40. The summed E-state index contributed by atoms with van der Waals surface area (Å²) in [6.45, 7) is 1.73. The van der Waals surface area contributed by atoms with Crippen molar-refractivity contribution in [3.05, 3.63) is 29.8 Å². The molecule has 0 aromatic heterocycles. The molecule has 0 radical (unpaired) electrons. The molecule has 2 atom stereocenters. The number of likely N-dealkylation sites (tertiary alicyclic amines) is 1. The van der Waals surface area contributed by atoms with Crippen molar-refractivity contribution in [2.24, 2.45) is 5.92 Å². The second kappa shape index (κ2) is 8.45. The molecular weight excluding hydrogens is 336 g/mol. The average molecular weight is 369 g/mol. The van der Waals surface area contributed by atoms with Gasteiger partial charge in [-0.3, -0.25) is 9.59 Å². The Kier molecular flexibility index (Phi) is 5.80. The van der Waals surface area contributed by atoms with Crippen LogP contribution >= 0.6 is 0 Å². The molecule has 2 heterocycles. The van der Waals surface area contributed by atoms with Crippen LogP contribution in [0.4, 0.5) is 5.69 Å². The highest BCUT2D eigenvalue weighted by atomic mass is 16.2. The van der Waals surface area contributed by atoms with Crippen molar-refractivity contribution >= 4 is 17.5 Å². The van der Waals surface area contributed by atoms with E-state index in [1.54, 1.807) is 0 Å². The van der Waals surface area contributed by atoms with E-state index in [9.17, 15) is 9.59 Å². The molecule has 146 valence electrons. The van der Waals surface area contributed by atoms with Gasteiger partial charge in [0.25, 0.3) is 0 Å². The van der Waals surface area contributed by atoms with Gasteiger partial charge in [0.15, 0.2) is 0 Å². The van der Waals surface area contributed by atoms with Crippen molar-refractivity contribution in [2.75, 3.05) is 18.0 Å². The van der Waals surface area contributed by atoms with Gasteiger partial charge in [-0.2, -0.15) is 0 Å². The minimum Gasteiger partial charge on any atom is -0.339 e. The van der Waals surface area contributed by atoms with E-state index in [0.29, 0.717) is 25.3 Å². The highest BCUT2D eigenvalue weighted by molar-refractivity contribution is 5.94. The topological polar surface area (TPSA) is 40.6 Å². The maximum absolute atomic E-state index is 12.8. The Bertz CT molecular complexity index is 685. The maximum atomic E-state index is 12.8. The fourth-order valence-electron chi connectivity index (χ4n) is 5.40. The smallest absolute Gasteiger partial charge is 0.226 e. The van der Waals surface area contributed by atoms with E-state index in [4.69, 9.17) is 0 Å². The third kappa shape index (κ3) is 4.04. The van der Waals surface area contributed by atoms with E-state index in [0.717, 1.165) is 44.0 Å². The largest absolute Gasteiger partial charge is 0.339 e. The number of para-hydroxylation sites is 1. The Morgan fingerprint density at radius 3 is 2.59 bits per heavy atom. The molecule has 3 aliphatic rings. The van der Waals surface area contributed by atoms with Gasteiger partial charge < -0.3 is 9.80 Å². The van der Waals surface area contributed by atoms with Gasteiger partial charge >= 0.3 is 0 Å². The summed E-state index contributed by atoms with van der Waals surface area (Å²) in [5.74, 6) is 1.17. The Morgan fingerprint density at radius 2 is 1.67 bits per heavy atom. The van der Waals surface area contributed by atoms with Crippen LogP contribution < -0.4 is 4.90 Å². The number of aryl methyl sites for hydroxylation is 1. The third-order valence-electron chi connectivity index (χ3n) is 6.76. The minimum atomic E-state index is 0.170. The summed E-state index contributed by atoms with van der Waals surface area (Å²) in [5, 5.41) is 0. The molecule has 4 heteroatoms. The van der Waals surface area contributed by atoms with E-state index in [1.807, 2.05) is 17.0 Å². The van der Waals surface area contributed by atoms with E-state index < -0.39 is 0 Å². The van der Waals surface area contributed by atoms with Crippen molar-refractivity contribution in [1.82, 2.24) is 4.90 Å². The number of hydrogen-bond acceptors (Lipinski definition) is 2. The van der Waals surface area contributed by atoms with Crippen molar-refractivity contribution < 1.29 is 9.59 Å². The fraction of sp³-hybridized carbons (Fsp3) is 0.652. The van der Waals surface area contributed by atoms with Crippen LogP contribution in [0.1, 0.15) is 69.8 Å². The summed E-state index contributed by atoms with van der Waals surface area (Å²) in [5.41, 5.74) is 2.34. The van der Waals surface area contributed by atoms with E-state index in [-0.39, 0.29) is 11.8 Å². The summed E-state index contributed by atoms with van der Waals surface area (Å²) in [4.78, 5) is 29.7. The number of anilines is 1. The monoisotopic (exact) mass is 368 g/mol. The lowest BCUT2D eigenvalue weighted by Crippen LogP contribution is -2.49. The number of rotatable bonds is 4. The molecule has 1 aromatic carbocycles. The first kappa shape index (κ1) is 18.5. The number of piperidine rings is 1. The van der Waals surface area contributed by atoms with Crippen LogP contribution in [0.25, 0.3) is 0 Å². The second-order valence-electron chi connectivity index (χ2n) is 8.47. The zero-order valence-electron chi connectivity index (χ0n) is 16.4. The summed E-state index contributed by atoms with van der Waals surface area (Å²) in [6, 6.07) is 8.70. The molecule has 0 N–H and O–H groups in total. The zero-order valence-corrected chi connectivity index (χ0v) is 16.4. The molecule has 0 bridgehead atoms. The van der Waals surface area contributed by atoms with Crippen LogP contribution in [-0.4, -0.2) is 35.8 Å². The van der Waals surface area contributed by atoms with Crippen molar-refractivity contribution in [3.63, 3.8) is 0 Å². The molecule has 2 aliphatic heterocycles. The van der Waals surface area contributed by atoms with Gasteiger partial charge in [-0.05, 0) is 62.5 Å². The molecule has 4 nitrogen and oxygen atoms in total. The minimum absolute atomic E-state index is 0.170. The predicted octanol–water partition coefficient (Wildman–Crippen LogP) is 4.32. The highest BCUT2D eigenvalue weighted by Crippen LogP contribution is 2.35. The number of amides is 2. The summed E-state index contributed by atoms with van der Waals surface area (Å²) < 4.78 is 0. The molecule has 1 saturated heterocycles. The van der Waals surface area contributed by atoms with Gasteiger partial charge in [0.1, 0.15) is 0 Å². The highest BCUT2D eigenvalue weighted by Gasteiger charge is 2.35. The van der Waals surface area contributed by atoms with Gasteiger partial charge in [-0.1, -0.05) is 31.0 Å². The van der Waals surface area contributed by atoms with Gasteiger partial charge in [0.2, 0.25) is 11.8 Å². The number of nitrogens with zero attached hydrogens (tertiary/aromatic N) is 2. The molecule has 2 fully saturated rings. The van der Waals surface area contributed by atoms with Crippen LogP contribution in [0.3, 0.4) is 0 Å². The summed E-state index contributed by atoms with van der Waals surface area (Å²) >= 11 is 0. The van der Waals surface area contributed by atoms with E-state index in [2.05, 4.69) is 17.0 Å². The molecule has 1 aliphatic carbocycles. The zero-order chi connectivity index (χ0) is 18.6. The van der Waals surface area contributed by atoms with E-state index in [1.165, 1.54) is 37.7 Å². The number of hydrogen-bond donors (Lipinski definition) is 0. The Morgan fingerprint density at radius 1 is 0.889 bits per heavy atom. The molecule has 4 rings (SSSR count). The molecule has 2 unspecified atom stereocenters. The molecule has 1 saturated carbocycles. The summed E-state index contributed by atoms with van der Waals surface area (Å²) in [6.07, 6.45) is 11.2. The van der Waals surface area contributed by atoms with Gasteiger partial charge in [0.05, 0.1) is 0 Å². The Hall–Kier alpha value is -1.84. The number of benzene rings is 1. The lowest BCUT2D eigenvalue weighted by molar-refractivity contribution is -0.137. The molecule has 2 amide bonds. The second-order valence-corrected chi connectivity index (χ2v) is 8.47. The lowest BCUT2D eigenvalue weighted by Gasteiger charge is -2.44. The molecule has 0 spiro atoms. The SMILES string of the molecule is O=C(CCCC(=O)N1CCCC2CCCCC21)N1CCCc2ccccc21. The maximum Gasteiger partial charge on any atom is 0.226 e. The van der Waals surface area contributed by atoms with Gasteiger partial charge in [-0.25, -0.2) is 0 Å².